The van der Waals surface area contributed by atoms with Crippen LogP contribution in [0.15, 0.2) is 24.3 Å². The number of nitrogens with zero attached hydrogens (tertiary/aromatic N) is 1. The molecule has 1 heterocycles. The van der Waals surface area contributed by atoms with Gasteiger partial charge < -0.3 is 20.1 Å². The van der Waals surface area contributed by atoms with E-state index >= 15 is 0 Å². The molecule has 2 N–H and O–H groups in total. The minimum Gasteiger partial charge on any atom is -0.497 e. The van der Waals surface area contributed by atoms with Gasteiger partial charge in [-0.1, -0.05) is 12.1 Å². The molecule has 1 atom stereocenters. The van der Waals surface area contributed by atoms with Gasteiger partial charge in [0.15, 0.2) is 0 Å². The first-order valence-electron chi connectivity index (χ1n) is 7.90. The van der Waals surface area contributed by atoms with Gasteiger partial charge in [0.25, 0.3) is 0 Å². The lowest BCUT2D eigenvalue weighted by Gasteiger charge is -2.31. The van der Waals surface area contributed by atoms with Gasteiger partial charge in [0, 0.05) is 26.3 Å². The first kappa shape index (κ1) is 19.7. The molecule has 2 rings (SSSR count). The van der Waals surface area contributed by atoms with Crippen molar-refractivity contribution in [2.75, 3.05) is 26.9 Å². The van der Waals surface area contributed by atoms with Crippen LogP contribution in [0.5, 0.6) is 5.75 Å². The van der Waals surface area contributed by atoms with Crippen molar-refractivity contribution >= 4 is 18.3 Å². The van der Waals surface area contributed by atoms with E-state index in [4.69, 9.17) is 15.2 Å². The zero-order valence-electron chi connectivity index (χ0n) is 13.9. The van der Waals surface area contributed by atoms with Crippen LogP contribution >= 0.6 is 12.4 Å². The van der Waals surface area contributed by atoms with Crippen LogP contribution in [0.4, 0.5) is 0 Å². The summed E-state index contributed by atoms with van der Waals surface area (Å²) in [5.41, 5.74) is 7.28. The average molecular weight is 343 g/mol. The molecule has 0 aromatic heterocycles. The molecule has 6 heteroatoms. The molecule has 5 nitrogen and oxygen atoms in total. The monoisotopic (exact) mass is 342 g/mol. The molecule has 1 fully saturated rings. The van der Waals surface area contributed by atoms with E-state index in [1.54, 1.807) is 7.11 Å². The van der Waals surface area contributed by atoms with Gasteiger partial charge in [-0.25, -0.2) is 0 Å². The number of methoxy groups -OCH3 is 1. The van der Waals surface area contributed by atoms with E-state index in [0.717, 1.165) is 24.2 Å². The van der Waals surface area contributed by atoms with E-state index in [9.17, 15) is 4.79 Å². The van der Waals surface area contributed by atoms with Gasteiger partial charge in [-0.05, 0) is 43.4 Å². The van der Waals surface area contributed by atoms with Gasteiger partial charge in [-0.2, -0.15) is 0 Å². The minimum absolute atomic E-state index is 0. The number of rotatable bonds is 6. The van der Waals surface area contributed by atoms with Crippen LogP contribution in [0.2, 0.25) is 0 Å². The molecule has 1 aromatic rings. The van der Waals surface area contributed by atoms with Crippen molar-refractivity contribution in [2.24, 2.45) is 11.7 Å². The number of hydrogen-bond donors (Lipinski definition) is 1. The van der Waals surface area contributed by atoms with E-state index in [-0.39, 0.29) is 24.2 Å². The van der Waals surface area contributed by atoms with Crippen LogP contribution in [-0.4, -0.2) is 43.7 Å². The zero-order valence-corrected chi connectivity index (χ0v) is 14.7. The molecule has 23 heavy (non-hydrogen) atoms. The summed E-state index contributed by atoms with van der Waals surface area (Å²) >= 11 is 0. The summed E-state index contributed by atoms with van der Waals surface area (Å²) in [5.74, 6) is 1.08. The molecule has 1 amide bonds. The number of halogens is 1. The average Bonchev–Trinajstić information content (AvgIpc) is 2.59. The largest absolute Gasteiger partial charge is 0.497 e. The van der Waals surface area contributed by atoms with E-state index in [1.165, 1.54) is 0 Å². The van der Waals surface area contributed by atoms with Crippen molar-refractivity contribution in [1.29, 1.82) is 0 Å². The van der Waals surface area contributed by atoms with Crippen LogP contribution in [-0.2, 0) is 16.1 Å². The Balaban J connectivity index is 0.00000264. The maximum Gasteiger partial charge on any atom is 0.240 e. The van der Waals surface area contributed by atoms with Gasteiger partial charge in [0.1, 0.15) is 5.75 Å². The number of hydrogen-bond acceptors (Lipinski definition) is 4. The maximum atomic E-state index is 12.6. The van der Waals surface area contributed by atoms with Crippen molar-refractivity contribution in [3.63, 3.8) is 0 Å². The molecule has 130 valence electrons. The molecule has 1 unspecified atom stereocenters. The fourth-order valence-electron chi connectivity index (χ4n) is 2.78. The highest BCUT2D eigenvalue weighted by Gasteiger charge is 2.29. The fraction of sp³-hybridized carbons (Fsp3) is 0.588. The predicted octanol–water partition coefficient (Wildman–Crippen LogP) is 2.22. The molecule has 1 aliphatic rings. The Labute approximate surface area is 144 Å². The molecule has 0 radical (unpaired) electrons. The van der Waals surface area contributed by atoms with Gasteiger partial charge in [0.2, 0.25) is 5.91 Å². The van der Waals surface area contributed by atoms with Crippen molar-refractivity contribution in [1.82, 2.24) is 4.90 Å². The summed E-state index contributed by atoms with van der Waals surface area (Å²) < 4.78 is 10.5. The van der Waals surface area contributed by atoms with Gasteiger partial charge in [0.05, 0.1) is 13.2 Å². The standard InChI is InChI=1S/C17H26N2O3.ClH/c1-3-19(12-13-4-6-15(21-2)7-5-13)17(20)16(18)14-8-10-22-11-9-14;/h4-7,14,16H,3,8-12,18H2,1-2H3;1H. The first-order chi connectivity index (χ1) is 10.7. The number of carbonyl (C=O) groups is 1. The van der Waals surface area contributed by atoms with Gasteiger partial charge >= 0.3 is 0 Å². The SMILES string of the molecule is CCN(Cc1ccc(OC)cc1)C(=O)C(N)C1CCOCC1.Cl. The Morgan fingerprint density at radius 3 is 2.48 bits per heavy atom. The van der Waals surface area contributed by atoms with Crippen LogP contribution in [0.25, 0.3) is 0 Å². The second-order valence-corrected chi connectivity index (χ2v) is 5.68. The second-order valence-electron chi connectivity index (χ2n) is 5.68. The Kier molecular flexibility index (Phi) is 8.37. The summed E-state index contributed by atoms with van der Waals surface area (Å²) in [5, 5.41) is 0. The highest BCUT2D eigenvalue weighted by molar-refractivity contribution is 5.85. The van der Waals surface area contributed by atoms with Crippen molar-refractivity contribution < 1.29 is 14.3 Å². The normalized spacial score (nSPS) is 16.3. The summed E-state index contributed by atoms with van der Waals surface area (Å²) in [6.07, 6.45) is 1.74. The van der Waals surface area contributed by atoms with Crippen LogP contribution in [0, 0.1) is 5.92 Å². The molecule has 0 bridgehead atoms. The highest BCUT2D eigenvalue weighted by Crippen LogP contribution is 2.20. The molecule has 0 aliphatic carbocycles. The van der Waals surface area contributed by atoms with Gasteiger partial charge in [-0.15, -0.1) is 12.4 Å². The lowest BCUT2D eigenvalue weighted by Crippen LogP contribution is -2.48. The first-order valence-corrected chi connectivity index (χ1v) is 7.90. The molecular formula is C17H27ClN2O3. The number of likely N-dealkylation sites (N-methyl/N-ethyl adjacent to an activating group) is 1. The van der Waals surface area contributed by atoms with E-state index < -0.39 is 6.04 Å². The topological polar surface area (TPSA) is 64.8 Å². The lowest BCUT2D eigenvalue weighted by molar-refractivity contribution is -0.135. The summed E-state index contributed by atoms with van der Waals surface area (Å²) in [4.78, 5) is 14.5. The number of carbonyl (C=O) groups excluding carboxylic acids is 1. The highest BCUT2D eigenvalue weighted by atomic mass is 35.5. The number of benzene rings is 1. The number of ether oxygens (including phenoxy) is 2. The maximum absolute atomic E-state index is 12.6. The quantitative estimate of drug-likeness (QED) is 0.861. The van der Waals surface area contributed by atoms with Crippen LogP contribution in [0.3, 0.4) is 0 Å². The van der Waals surface area contributed by atoms with Crippen molar-refractivity contribution in [2.45, 2.75) is 32.4 Å². The summed E-state index contributed by atoms with van der Waals surface area (Å²) in [7, 11) is 1.64. The predicted molar refractivity (Wildman–Crippen MR) is 92.9 cm³/mol. The second kappa shape index (κ2) is 9.75. The smallest absolute Gasteiger partial charge is 0.240 e. The fourth-order valence-corrected chi connectivity index (χ4v) is 2.78. The van der Waals surface area contributed by atoms with E-state index in [1.807, 2.05) is 36.1 Å². The molecular weight excluding hydrogens is 316 g/mol. The van der Waals surface area contributed by atoms with Gasteiger partial charge in [-0.3, -0.25) is 4.79 Å². The molecule has 1 aliphatic heterocycles. The Bertz CT molecular complexity index is 475. The third kappa shape index (κ3) is 5.37. The van der Waals surface area contributed by atoms with E-state index in [0.29, 0.717) is 26.3 Å². The molecule has 1 aromatic carbocycles. The van der Waals surface area contributed by atoms with Crippen LogP contribution < -0.4 is 10.5 Å². The van der Waals surface area contributed by atoms with E-state index in [2.05, 4.69) is 0 Å². The number of nitrogens with two attached hydrogens (primary N) is 1. The minimum atomic E-state index is -0.429. The number of amides is 1. The zero-order chi connectivity index (χ0) is 15.9. The third-order valence-electron chi connectivity index (χ3n) is 4.28. The molecule has 0 spiro atoms. The Hall–Kier alpha value is -1.30. The van der Waals surface area contributed by atoms with Crippen molar-refractivity contribution in [3.8, 4) is 5.75 Å². The summed E-state index contributed by atoms with van der Waals surface area (Å²) in [6, 6.07) is 7.35. The lowest BCUT2D eigenvalue weighted by atomic mass is 9.91. The molecule has 0 saturated carbocycles. The third-order valence-corrected chi connectivity index (χ3v) is 4.28. The van der Waals surface area contributed by atoms with Crippen molar-refractivity contribution in [3.05, 3.63) is 29.8 Å². The summed E-state index contributed by atoms with van der Waals surface area (Å²) in [6.45, 7) is 4.63. The Morgan fingerprint density at radius 1 is 1.35 bits per heavy atom. The Morgan fingerprint density at radius 2 is 1.96 bits per heavy atom. The van der Waals surface area contributed by atoms with Crippen LogP contribution in [0.1, 0.15) is 25.3 Å². The molecule has 1 saturated heterocycles.